The second-order valence-electron chi connectivity index (χ2n) is 6.11. The van der Waals surface area contributed by atoms with Crippen LogP contribution in [0.2, 0.25) is 5.02 Å². The maximum atomic E-state index is 12.3. The van der Waals surface area contributed by atoms with E-state index < -0.39 is 0 Å². The van der Waals surface area contributed by atoms with Crippen LogP contribution in [0.3, 0.4) is 0 Å². The van der Waals surface area contributed by atoms with Crippen LogP contribution >= 0.6 is 11.6 Å². The number of aromatic nitrogens is 1. The van der Waals surface area contributed by atoms with Gasteiger partial charge in [0.2, 0.25) is 0 Å². The van der Waals surface area contributed by atoms with E-state index in [4.69, 9.17) is 16.3 Å². The predicted octanol–water partition coefficient (Wildman–Crippen LogP) is 3.49. The summed E-state index contributed by atoms with van der Waals surface area (Å²) in [6, 6.07) is 12.5. The van der Waals surface area contributed by atoms with Crippen LogP contribution in [0.4, 0.5) is 0 Å². The summed E-state index contributed by atoms with van der Waals surface area (Å²) in [7, 11) is 0. The number of fused-ring (bicyclic) bond motifs is 1. The molecule has 26 heavy (non-hydrogen) atoms. The van der Waals surface area contributed by atoms with Crippen molar-refractivity contribution in [1.82, 2.24) is 10.3 Å². The third-order valence-electron chi connectivity index (χ3n) is 4.29. The molecule has 0 atom stereocenters. The minimum Gasteiger partial charge on any atom is -0.484 e. The normalized spacial score (nSPS) is 10.7. The average Bonchev–Trinajstić information content (AvgIpc) is 2.63. The lowest BCUT2D eigenvalue weighted by molar-refractivity contribution is -0.123. The van der Waals surface area contributed by atoms with Gasteiger partial charge in [0.15, 0.2) is 6.61 Å². The number of rotatable bonds is 5. The van der Waals surface area contributed by atoms with Crippen molar-refractivity contribution in [2.24, 2.45) is 0 Å². The van der Waals surface area contributed by atoms with Crippen molar-refractivity contribution >= 4 is 28.4 Å². The van der Waals surface area contributed by atoms with Gasteiger partial charge in [0, 0.05) is 17.1 Å². The van der Waals surface area contributed by atoms with Crippen LogP contribution in [0.1, 0.15) is 16.7 Å². The van der Waals surface area contributed by atoms with Crippen LogP contribution in [-0.2, 0) is 11.3 Å². The first-order valence-electron chi connectivity index (χ1n) is 8.21. The quantitative estimate of drug-likeness (QED) is 0.722. The number of nitrogens with one attached hydrogen (secondary N) is 2. The molecule has 2 N–H and O–H groups in total. The Labute approximate surface area is 156 Å². The number of hydrogen-bond donors (Lipinski definition) is 2. The van der Waals surface area contributed by atoms with Gasteiger partial charge in [0.1, 0.15) is 5.75 Å². The molecule has 0 aliphatic rings. The Morgan fingerprint density at radius 3 is 2.62 bits per heavy atom. The molecule has 5 nitrogen and oxygen atoms in total. The van der Waals surface area contributed by atoms with Gasteiger partial charge in [-0.05, 0) is 60.7 Å². The molecule has 134 valence electrons. The summed E-state index contributed by atoms with van der Waals surface area (Å²) < 4.78 is 5.38. The standard InChI is InChI=1S/C20H19ClN2O3/c1-12-3-4-14-9-15(20(25)23-19(14)13(12)2)10-22-18(24)11-26-17-7-5-16(21)6-8-17/h3-9H,10-11H2,1-2H3,(H,22,24)(H,23,25). The lowest BCUT2D eigenvalue weighted by Crippen LogP contribution is -2.30. The molecule has 3 aromatic rings. The van der Waals surface area contributed by atoms with Gasteiger partial charge < -0.3 is 15.0 Å². The molecule has 1 heterocycles. The van der Waals surface area contributed by atoms with Gasteiger partial charge >= 0.3 is 0 Å². The molecular formula is C20H19ClN2O3. The number of aryl methyl sites for hydroxylation is 2. The van der Waals surface area contributed by atoms with Crippen molar-refractivity contribution in [3.63, 3.8) is 0 Å². The molecule has 0 unspecified atom stereocenters. The van der Waals surface area contributed by atoms with Crippen molar-refractivity contribution in [1.29, 1.82) is 0 Å². The molecule has 1 amide bonds. The maximum Gasteiger partial charge on any atom is 0.258 e. The highest BCUT2D eigenvalue weighted by Gasteiger charge is 2.08. The number of hydrogen-bond acceptors (Lipinski definition) is 3. The predicted molar refractivity (Wildman–Crippen MR) is 103 cm³/mol. The molecule has 0 saturated carbocycles. The van der Waals surface area contributed by atoms with E-state index in [1.54, 1.807) is 30.3 Å². The van der Waals surface area contributed by atoms with Gasteiger partial charge in [0.05, 0.1) is 5.52 Å². The summed E-state index contributed by atoms with van der Waals surface area (Å²) in [5, 5.41) is 4.24. The van der Waals surface area contributed by atoms with Crippen LogP contribution < -0.4 is 15.6 Å². The van der Waals surface area contributed by atoms with E-state index in [9.17, 15) is 9.59 Å². The number of amides is 1. The molecule has 0 spiro atoms. The van der Waals surface area contributed by atoms with Gasteiger partial charge in [-0.2, -0.15) is 0 Å². The fourth-order valence-electron chi connectivity index (χ4n) is 2.63. The summed E-state index contributed by atoms with van der Waals surface area (Å²) in [4.78, 5) is 27.1. The second-order valence-corrected chi connectivity index (χ2v) is 6.55. The first kappa shape index (κ1) is 18.0. The molecule has 0 fully saturated rings. The Balaban J connectivity index is 1.64. The molecule has 0 aliphatic heterocycles. The number of halogens is 1. The van der Waals surface area contributed by atoms with Gasteiger partial charge in [-0.3, -0.25) is 9.59 Å². The Morgan fingerprint density at radius 2 is 1.88 bits per heavy atom. The fourth-order valence-corrected chi connectivity index (χ4v) is 2.75. The van der Waals surface area contributed by atoms with Crippen molar-refractivity contribution in [3.05, 3.63) is 74.5 Å². The SMILES string of the molecule is Cc1ccc2cc(CNC(=O)COc3ccc(Cl)cc3)c(=O)[nH]c2c1C. The van der Waals surface area contributed by atoms with Crippen LogP contribution in [0, 0.1) is 13.8 Å². The fraction of sp³-hybridized carbons (Fsp3) is 0.200. The third kappa shape index (κ3) is 4.06. The smallest absolute Gasteiger partial charge is 0.258 e. The summed E-state index contributed by atoms with van der Waals surface area (Å²) in [5.74, 6) is 0.249. The maximum absolute atomic E-state index is 12.3. The highest BCUT2D eigenvalue weighted by atomic mass is 35.5. The highest BCUT2D eigenvalue weighted by molar-refractivity contribution is 6.30. The summed E-state index contributed by atoms with van der Waals surface area (Å²) in [6.07, 6.45) is 0. The van der Waals surface area contributed by atoms with E-state index in [1.807, 2.05) is 26.0 Å². The lowest BCUT2D eigenvalue weighted by Gasteiger charge is -2.09. The molecule has 0 saturated heterocycles. The Bertz CT molecular complexity index is 1010. The minimum absolute atomic E-state index is 0.134. The Morgan fingerprint density at radius 1 is 1.15 bits per heavy atom. The minimum atomic E-state index is -0.306. The number of ether oxygens (including phenoxy) is 1. The zero-order valence-electron chi connectivity index (χ0n) is 14.6. The average molecular weight is 371 g/mol. The van der Waals surface area contributed by atoms with Gasteiger partial charge in [-0.1, -0.05) is 23.7 Å². The highest BCUT2D eigenvalue weighted by Crippen LogP contribution is 2.19. The molecule has 3 rings (SSSR count). The van der Waals surface area contributed by atoms with Crippen molar-refractivity contribution in [3.8, 4) is 5.75 Å². The zero-order chi connectivity index (χ0) is 18.7. The molecule has 0 bridgehead atoms. The van der Waals surface area contributed by atoms with E-state index in [-0.39, 0.29) is 24.6 Å². The molecular weight excluding hydrogens is 352 g/mol. The molecule has 6 heteroatoms. The summed E-state index contributed by atoms with van der Waals surface area (Å²) in [6.45, 7) is 3.98. The number of carbonyl (C=O) groups is 1. The Kier molecular flexibility index (Phi) is 5.28. The molecule has 2 aromatic carbocycles. The Hall–Kier alpha value is -2.79. The summed E-state index contributed by atoms with van der Waals surface area (Å²) >= 11 is 5.80. The van der Waals surface area contributed by atoms with Crippen LogP contribution in [0.5, 0.6) is 5.75 Å². The number of H-pyrrole nitrogens is 1. The van der Waals surface area contributed by atoms with Crippen LogP contribution in [-0.4, -0.2) is 17.5 Å². The van der Waals surface area contributed by atoms with Crippen molar-refractivity contribution < 1.29 is 9.53 Å². The number of aromatic amines is 1. The van der Waals surface area contributed by atoms with Crippen molar-refractivity contribution in [2.45, 2.75) is 20.4 Å². The lowest BCUT2D eigenvalue weighted by atomic mass is 10.0. The van der Waals surface area contributed by atoms with Gasteiger partial charge in [-0.25, -0.2) is 0 Å². The first-order chi connectivity index (χ1) is 12.4. The molecule has 1 aromatic heterocycles. The van der Waals surface area contributed by atoms with E-state index >= 15 is 0 Å². The monoisotopic (exact) mass is 370 g/mol. The second kappa shape index (κ2) is 7.62. The van der Waals surface area contributed by atoms with Gasteiger partial charge in [-0.15, -0.1) is 0 Å². The molecule has 0 aliphatic carbocycles. The zero-order valence-corrected chi connectivity index (χ0v) is 15.3. The largest absolute Gasteiger partial charge is 0.484 e. The van der Waals surface area contributed by atoms with E-state index in [2.05, 4.69) is 10.3 Å². The van der Waals surface area contributed by atoms with Crippen LogP contribution in [0.15, 0.2) is 47.3 Å². The molecule has 0 radical (unpaired) electrons. The number of benzene rings is 2. The topological polar surface area (TPSA) is 71.2 Å². The van der Waals surface area contributed by atoms with Crippen LogP contribution in [0.25, 0.3) is 10.9 Å². The van der Waals surface area contributed by atoms with Crippen molar-refractivity contribution in [2.75, 3.05) is 6.61 Å². The number of carbonyl (C=O) groups excluding carboxylic acids is 1. The van der Waals surface area contributed by atoms with E-state index in [0.29, 0.717) is 16.3 Å². The third-order valence-corrected chi connectivity index (χ3v) is 4.54. The number of pyridine rings is 1. The van der Waals surface area contributed by atoms with E-state index in [0.717, 1.165) is 22.0 Å². The van der Waals surface area contributed by atoms with Gasteiger partial charge in [0.25, 0.3) is 11.5 Å². The first-order valence-corrected chi connectivity index (χ1v) is 8.59. The van der Waals surface area contributed by atoms with E-state index in [1.165, 1.54) is 0 Å². The summed E-state index contributed by atoms with van der Waals surface area (Å²) in [5.41, 5.74) is 3.29.